The molecule has 0 aliphatic carbocycles. The third-order valence-corrected chi connectivity index (χ3v) is 6.38. The Hall–Kier alpha value is -3.40. The molecule has 3 aromatic heterocycles. The molecule has 1 atom stereocenters. The fourth-order valence-electron chi connectivity index (χ4n) is 4.44. The van der Waals surface area contributed by atoms with Gasteiger partial charge in [-0.25, -0.2) is 19.4 Å². The molecule has 3 aromatic rings. The number of carbonyl (C=O) groups excluding carboxylic acids is 1. The summed E-state index contributed by atoms with van der Waals surface area (Å²) in [5, 5.41) is 1.44. The van der Waals surface area contributed by atoms with E-state index in [2.05, 4.69) is 24.8 Å². The van der Waals surface area contributed by atoms with Crippen LogP contribution in [0.15, 0.2) is 36.9 Å². The number of pyridine rings is 1. The van der Waals surface area contributed by atoms with Crippen molar-refractivity contribution in [3.8, 4) is 5.82 Å². The van der Waals surface area contributed by atoms with E-state index in [4.69, 9.17) is 4.84 Å². The van der Waals surface area contributed by atoms with E-state index in [-0.39, 0.29) is 23.7 Å². The number of amides is 1. The van der Waals surface area contributed by atoms with Crippen LogP contribution < -0.4 is 4.90 Å². The minimum absolute atomic E-state index is 0.0538. The van der Waals surface area contributed by atoms with E-state index >= 15 is 0 Å². The second kappa shape index (κ2) is 8.86. The van der Waals surface area contributed by atoms with Gasteiger partial charge in [0.15, 0.2) is 0 Å². The van der Waals surface area contributed by atoms with Crippen molar-refractivity contribution in [2.45, 2.75) is 39.2 Å². The molecule has 0 spiro atoms. The first kappa shape index (κ1) is 21.4. The molecule has 0 radical (unpaired) electrons. The van der Waals surface area contributed by atoms with Gasteiger partial charge in [0.25, 0.3) is 0 Å². The monoisotopic (exact) mass is 451 g/mol. The summed E-state index contributed by atoms with van der Waals surface area (Å²) in [6.45, 7) is 5.31. The van der Waals surface area contributed by atoms with Gasteiger partial charge in [0.05, 0.1) is 18.3 Å². The number of nitrogens with zero attached hydrogens (tertiary/aromatic N) is 7. The number of aryl methyl sites for hydroxylation is 2. The predicted molar refractivity (Wildman–Crippen MR) is 118 cm³/mol. The standard InChI is InChI=1S/C23H26FN7O2/c1-15-19(24)13-18(14-27-15)20-6-12-33-31(20)22(32)17-4-9-29(10-5-17)23-26-7-3-21(28-23)30-11-8-25-16(30)2/h3,7-8,11,13-14,17,20H,4-6,9-10,12H2,1-2H3/t20-/m0/s1. The molecule has 5 rings (SSSR count). The van der Waals surface area contributed by atoms with Gasteiger partial charge in [-0.2, -0.15) is 4.98 Å². The number of hydrogen-bond acceptors (Lipinski definition) is 7. The zero-order chi connectivity index (χ0) is 22.9. The molecule has 33 heavy (non-hydrogen) atoms. The van der Waals surface area contributed by atoms with E-state index in [1.807, 2.05) is 23.8 Å². The summed E-state index contributed by atoms with van der Waals surface area (Å²) in [6, 6.07) is 3.00. The lowest BCUT2D eigenvalue weighted by molar-refractivity contribution is -0.182. The van der Waals surface area contributed by atoms with Gasteiger partial charge >= 0.3 is 0 Å². The molecule has 0 saturated carbocycles. The van der Waals surface area contributed by atoms with Crippen molar-refractivity contribution < 1.29 is 14.0 Å². The molecule has 2 saturated heterocycles. The van der Waals surface area contributed by atoms with Crippen molar-refractivity contribution >= 4 is 11.9 Å². The third-order valence-electron chi connectivity index (χ3n) is 6.38. The van der Waals surface area contributed by atoms with Crippen LogP contribution in [0.1, 0.15) is 42.4 Å². The Morgan fingerprint density at radius 2 is 1.94 bits per heavy atom. The Bertz CT molecular complexity index is 1160. The zero-order valence-electron chi connectivity index (χ0n) is 18.7. The minimum atomic E-state index is -0.367. The summed E-state index contributed by atoms with van der Waals surface area (Å²) in [7, 11) is 0. The number of rotatable bonds is 4. The van der Waals surface area contributed by atoms with E-state index in [1.54, 1.807) is 25.5 Å². The molecule has 0 N–H and O–H groups in total. The van der Waals surface area contributed by atoms with Gasteiger partial charge in [-0.3, -0.25) is 19.2 Å². The van der Waals surface area contributed by atoms with Gasteiger partial charge < -0.3 is 4.90 Å². The third kappa shape index (κ3) is 4.18. The first-order valence-corrected chi connectivity index (χ1v) is 11.2. The van der Waals surface area contributed by atoms with Crippen molar-refractivity contribution in [2.75, 3.05) is 24.6 Å². The van der Waals surface area contributed by atoms with Gasteiger partial charge in [0.2, 0.25) is 11.9 Å². The Morgan fingerprint density at radius 3 is 2.67 bits per heavy atom. The largest absolute Gasteiger partial charge is 0.341 e. The molecule has 0 unspecified atom stereocenters. The van der Waals surface area contributed by atoms with Crippen LogP contribution in [-0.4, -0.2) is 55.2 Å². The second-order valence-corrected chi connectivity index (χ2v) is 8.46. The number of hydroxylamine groups is 2. The summed E-state index contributed by atoms with van der Waals surface area (Å²) in [6.07, 6.45) is 8.95. The average molecular weight is 452 g/mol. The van der Waals surface area contributed by atoms with Gasteiger partial charge in [-0.15, -0.1) is 0 Å². The number of aromatic nitrogens is 5. The summed E-state index contributed by atoms with van der Waals surface area (Å²) in [5.74, 6) is 1.68. The molecule has 2 aliphatic heterocycles. The Kier molecular flexibility index (Phi) is 5.76. The summed E-state index contributed by atoms with van der Waals surface area (Å²) >= 11 is 0. The first-order chi connectivity index (χ1) is 16.0. The van der Waals surface area contributed by atoms with Gasteiger partial charge in [-0.05, 0) is 44.4 Å². The molecule has 0 aromatic carbocycles. The quantitative estimate of drug-likeness (QED) is 0.603. The fraction of sp³-hybridized carbons (Fsp3) is 0.435. The number of hydrogen-bond donors (Lipinski definition) is 0. The van der Waals surface area contributed by atoms with E-state index in [0.29, 0.717) is 56.2 Å². The molecule has 10 heteroatoms. The Morgan fingerprint density at radius 1 is 1.12 bits per heavy atom. The van der Waals surface area contributed by atoms with Gasteiger partial charge in [0.1, 0.15) is 17.5 Å². The summed E-state index contributed by atoms with van der Waals surface area (Å²) in [5.41, 5.74) is 1.01. The lowest BCUT2D eigenvalue weighted by Crippen LogP contribution is -2.42. The molecule has 0 bridgehead atoms. The number of halogens is 1. The van der Waals surface area contributed by atoms with Crippen LogP contribution in [0, 0.1) is 25.6 Å². The SMILES string of the molecule is Cc1ncc([C@@H]2CCON2C(=O)C2CCN(c3nccc(-n4ccnc4C)n3)CC2)cc1F. The average Bonchev–Trinajstić information content (AvgIpc) is 3.50. The van der Waals surface area contributed by atoms with E-state index < -0.39 is 0 Å². The van der Waals surface area contributed by atoms with Crippen molar-refractivity contribution in [1.29, 1.82) is 0 Å². The van der Waals surface area contributed by atoms with Gasteiger partial charge in [0, 0.05) is 50.2 Å². The lowest BCUT2D eigenvalue weighted by atomic mass is 9.95. The number of carbonyl (C=O) groups is 1. The second-order valence-electron chi connectivity index (χ2n) is 8.46. The Labute approximate surface area is 191 Å². The molecule has 2 aliphatic rings. The molecular weight excluding hydrogens is 425 g/mol. The summed E-state index contributed by atoms with van der Waals surface area (Å²) < 4.78 is 15.9. The highest BCUT2D eigenvalue weighted by atomic mass is 19.1. The van der Waals surface area contributed by atoms with Crippen LogP contribution in [0.2, 0.25) is 0 Å². The molecule has 9 nitrogen and oxygen atoms in total. The van der Waals surface area contributed by atoms with Crippen molar-refractivity contribution in [1.82, 2.24) is 29.6 Å². The molecule has 5 heterocycles. The maximum absolute atomic E-state index is 14.0. The van der Waals surface area contributed by atoms with E-state index in [1.165, 1.54) is 11.1 Å². The van der Waals surface area contributed by atoms with Crippen LogP contribution in [0.5, 0.6) is 0 Å². The molecule has 1 amide bonds. The van der Waals surface area contributed by atoms with Crippen LogP contribution in [-0.2, 0) is 9.63 Å². The number of piperidine rings is 1. The van der Waals surface area contributed by atoms with Crippen LogP contribution in [0.25, 0.3) is 5.82 Å². The van der Waals surface area contributed by atoms with Crippen LogP contribution >= 0.6 is 0 Å². The molecule has 2 fully saturated rings. The highest BCUT2D eigenvalue weighted by Gasteiger charge is 2.37. The first-order valence-electron chi connectivity index (χ1n) is 11.2. The Balaban J connectivity index is 1.25. The smallest absolute Gasteiger partial charge is 0.249 e. The minimum Gasteiger partial charge on any atom is -0.341 e. The zero-order valence-corrected chi connectivity index (χ0v) is 18.7. The van der Waals surface area contributed by atoms with Crippen LogP contribution in [0.4, 0.5) is 10.3 Å². The highest BCUT2D eigenvalue weighted by molar-refractivity contribution is 5.79. The van der Waals surface area contributed by atoms with Crippen LogP contribution in [0.3, 0.4) is 0 Å². The maximum atomic E-state index is 14.0. The van der Waals surface area contributed by atoms with E-state index in [9.17, 15) is 9.18 Å². The lowest BCUT2D eigenvalue weighted by Gasteiger charge is -2.34. The molecular formula is C23H26FN7O2. The van der Waals surface area contributed by atoms with Gasteiger partial charge in [-0.1, -0.05) is 0 Å². The topological polar surface area (TPSA) is 89.3 Å². The summed E-state index contributed by atoms with van der Waals surface area (Å²) in [4.78, 5) is 38.5. The van der Waals surface area contributed by atoms with E-state index in [0.717, 1.165) is 11.6 Å². The number of imidazole rings is 1. The fourth-order valence-corrected chi connectivity index (χ4v) is 4.44. The number of anilines is 1. The van der Waals surface area contributed by atoms with Crippen molar-refractivity contribution in [3.05, 3.63) is 59.8 Å². The highest BCUT2D eigenvalue weighted by Crippen LogP contribution is 2.34. The molecule has 172 valence electrons. The van der Waals surface area contributed by atoms with Crippen molar-refractivity contribution in [2.24, 2.45) is 5.92 Å². The maximum Gasteiger partial charge on any atom is 0.249 e. The van der Waals surface area contributed by atoms with Crippen molar-refractivity contribution in [3.63, 3.8) is 0 Å². The predicted octanol–water partition coefficient (Wildman–Crippen LogP) is 2.93. The normalized spacial score (nSPS) is 19.3.